The highest BCUT2D eigenvalue weighted by Crippen LogP contribution is 2.34. The first-order chi connectivity index (χ1) is 9.99. The van der Waals surface area contributed by atoms with Gasteiger partial charge in [-0.25, -0.2) is 9.78 Å². The average Bonchev–Trinajstić information content (AvgIpc) is 2.94. The van der Waals surface area contributed by atoms with Crippen LogP contribution in [0.25, 0.3) is 0 Å². The Hall–Kier alpha value is -2.52. The van der Waals surface area contributed by atoms with Crippen LogP contribution in [0.5, 0.6) is 5.75 Å². The lowest BCUT2D eigenvalue weighted by Crippen LogP contribution is -2.23. The zero-order valence-corrected chi connectivity index (χ0v) is 12.5. The predicted octanol–water partition coefficient (Wildman–Crippen LogP) is 2.58. The van der Waals surface area contributed by atoms with E-state index in [0.717, 1.165) is 11.3 Å². The lowest BCUT2D eigenvalue weighted by molar-refractivity contribution is 0.259. The summed E-state index contributed by atoms with van der Waals surface area (Å²) in [5.41, 5.74) is 5.99. The Kier molecular flexibility index (Phi) is 4.15. The quantitative estimate of drug-likeness (QED) is 0.852. The van der Waals surface area contributed by atoms with Crippen LogP contribution in [0.2, 0.25) is 0 Å². The van der Waals surface area contributed by atoms with Crippen LogP contribution in [0.3, 0.4) is 0 Å². The molecule has 0 aliphatic carbocycles. The number of aromatic nitrogens is 1. The number of methoxy groups -OCH3 is 1. The Morgan fingerprint density at radius 1 is 1.48 bits per heavy atom. The molecule has 21 heavy (non-hydrogen) atoms. The van der Waals surface area contributed by atoms with E-state index < -0.39 is 11.4 Å². The summed E-state index contributed by atoms with van der Waals surface area (Å²) < 4.78 is 5.14. The summed E-state index contributed by atoms with van der Waals surface area (Å²) in [5.74, 6) is 3.53. The number of hydrogen-bond donors (Lipinski definition) is 2. The Bertz CT molecular complexity index is 688. The van der Waals surface area contributed by atoms with Crippen LogP contribution < -0.4 is 15.8 Å². The predicted molar refractivity (Wildman–Crippen MR) is 83.6 cm³/mol. The summed E-state index contributed by atoms with van der Waals surface area (Å²) in [6.45, 7) is 1.90. The first-order valence-corrected chi connectivity index (χ1v) is 7.02. The number of terminal acetylenes is 1. The van der Waals surface area contributed by atoms with Crippen molar-refractivity contribution >= 4 is 22.5 Å². The fourth-order valence-electron chi connectivity index (χ4n) is 1.90. The van der Waals surface area contributed by atoms with Gasteiger partial charge in [-0.2, -0.15) is 0 Å². The largest absolute Gasteiger partial charge is 0.497 e. The molecule has 2 aromatic rings. The Balaban J connectivity index is 2.38. The molecule has 0 saturated carbocycles. The molecule has 108 valence electrons. The lowest BCUT2D eigenvalue weighted by Gasteiger charge is -2.22. The molecule has 0 saturated heterocycles. The highest BCUT2D eigenvalue weighted by atomic mass is 32.1. The summed E-state index contributed by atoms with van der Waals surface area (Å²) in [6, 6.07) is 6.85. The number of nitrogens with one attached hydrogen (secondary N) is 1. The molecule has 2 amide bonds. The first kappa shape index (κ1) is 14.9. The van der Waals surface area contributed by atoms with Crippen LogP contribution in [-0.4, -0.2) is 18.1 Å². The van der Waals surface area contributed by atoms with Gasteiger partial charge < -0.3 is 10.5 Å². The first-order valence-electron chi connectivity index (χ1n) is 6.14. The van der Waals surface area contributed by atoms with Crippen molar-refractivity contribution in [1.82, 2.24) is 4.98 Å². The van der Waals surface area contributed by atoms with Crippen molar-refractivity contribution in [3.63, 3.8) is 0 Å². The topological polar surface area (TPSA) is 77.2 Å². The number of hydrogen-bond acceptors (Lipinski definition) is 4. The van der Waals surface area contributed by atoms with E-state index in [1.165, 1.54) is 11.3 Å². The van der Waals surface area contributed by atoms with E-state index in [1.807, 2.05) is 36.6 Å². The van der Waals surface area contributed by atoms with E-state index in [-0.39, 0.29) is 0 Å². The summed E-state index contributed by atoms with van der Waals surface area (Å²) >= 11 is 1.28. The molecule has 5 nitrogen and oxygen atoms in total. The number of nitrogens with zero attached hydrogens (tertiary/aromatic N) is 1. The number of rotatable bonds is 4. The van der Waals surface area contributed by atoms with Gasteiger partial charge in [0.15, 0.2) is 5.13 Å². The van der Waals surface area contributed by atoms with E-state index in [4.69, 9.17) is 16.9 Å². The van der Waals surface area contributed by atoms with Crippen LogP contribution >= 0.6 is 11.3 Å². The molecule has 6 heteroatoms. The number of amides is 2. The summed E-state index contributed by atoms with van der Waals surface area (Å²) in [5, 5.41) is 4.69. The van der Waals surface area contributed by atoms with Gasteiger partial charge in [0, 0.05) is 5.38 Å². The van der Waals surface area contributed by atoms with E-state index in [1.54, 1.807) is 7.11 Å². The van der Waals surface area contributed by atoms with Crippen molar-refractivity contribution in [3.8, 4) is 18.1 Å². The number of nitrogens with two attached hydrogens (primary N) is 1. The smallest absolute Gasteiger partial charge is 0.318 e. The van der Waals surface area contributed by atoms with Crippen molar-refractivity contribution < 1.29 is 9.53 Å². The average molecular weight is 301 g/mol. The standard InChI is InChI=1S/C15H15N3O2S/c1-4-15(2,10-5-7-11(20-3)8-6-10)12-9-21-14(17-12)18-13(16)19/h1,5-9H,2-3H3,(H3,16,17,18,19)/t15-/m0/s1. The molecule has 1 heterocycles. The van der Waals surface area contributed by atoms with Crippen molar-refractivity contribution in [2.45, 2.75) is 12.3 Å². The summed E-state index contributed by atoms with van der Waals surface area (Å²) in [4.78, 5) is 15.2. The number of carbonyl (C=O) groups excluding carboxylic acids is 1. The van der Waals surface area contributed by atoms with Gasteiger partial charge in [0.2, 0.25) is 0 Å². The minimum atomic E-state index is -0.694. The summed E-state index contributed by atoms with van der Waals surface area (Å²) in [7, 11) is 1.61. The van der Waals surface area contributed by atoms with Crippen LogP contribution in [0.1, 0.15) is 18.2 Å². The maximum absolute atomic E-state index is 10.9. The van der Waals surface area contributed by atoms with Gasteiger partial charge in [-0.1, -0.05) is 18.1 Å². The van der Waals surface area contributed by atoms with E-state index in [9.17, 15) is 4.79 Å². The van der Waals surface area contributed by atoms with Crippen LogP contribution in [-0.2, 0) is 5.41 Å². The second-order valence-electron chi connectivity index (χ2n) is 4.52. The van der Waals surface area contributed by atoms with Gasteiger partial charge in [0.1, 0.15) is 5.75 Å². The van der Waals surface area contributed by atoms with Gasteiger partial charge in [-0.3, -0.25) is 5.32 Å². The zero-order valence-electron chi connectivity index (χ0n) is 11.7. The fraction of sp³-hybridized carbons (Fsp3) is 0.200. The normalized spacial score (nSPS) is 13.0. The van der Waals surface area contributed by atoms with Gasteiger partial charge in [0.05, 0.1) is 18.2 Å². The lowest BCUT2D eigenvalue weighted by atomic mass is 9.81. The third-order valence-corrected chi connectivity index (χ3v) is 3.96. The third-order valence-electron chi connectivity index (χ3n) is 3.20. The van der Waals surface area contributed by atoms with Crippen molar-refractivity contribution in [2.24, 2.45) is 5.73 Å². The molecular weight excluding hydrogens is 286 g/mol. The maximum Gasteiger partial charge on any atom is 0.318 e. The highest BCUT2D eigenvalue weighted by molar-refractivity contribution is 7.13. The molecule has 1 aromatic heterocycles. The number of anilines is 1. The molecule has 0 aliphatic heterocycles. The second kappa shape index (κ2) is 5.85. The van der Waals surface area contributed by atoms with Gasteiger partial charge in [-0.05, 0) is 24.6 Å². The number of ether oxygens (including phenoxy) is 1. The van der Waals surface area contributed by atoms with E-state index in [2.05, 4.69) is 16.2 Å². The van der Waals surface area contributed by atoms with E-state index >= 15 is 0 Å². The van der Waals surface area contributed by atoms with Gasteiger partial charge in [-0.15, -0.1) is 17.8 Å². The minimum absolute atomic E-state index is 0.424. The van der Waals surface area contributed by atoms with E-state index in [0.29, 0.717) is 10.8 Å². The molecule has 0 radical (unpaired) electrons. The summed E-state index contributed by atoms with van der Waals surface area (Å²) in [6.07, 6.45) is 5.72. The van der Waals surface area contributed by atoms with Crippen LogP contribution in [0.15, 0.2) is 29.6 Å². The Morgan fingerprint density at radius 2 is 2.14 bits per heavy atom. The molecule has 2 rings (SSSR count). The Labute approximate surface area is 127 Å². The monoisotopic (exact) mass is 301 g/mol. The molecule has 0 unspecified atom stereocenters. The maximum atomic E-state index is 10.9. The minimum Gasteiger partial charge on any atom is -0.497 e. The van der Waals surface area contributed by atoms with Crippen LogP contribution in [0.4, 0.5) is 9.93 Å². The molecule has 0 bridgehead atoms. The number of thiazole rings is 1. The van der Waals surface area contributed by atoms with Crippen molar-refractivity contribution in [3.05, 3.63) is 40.9 Å². The van der Waals surface area contributed by atoms with Crippen LogP contribution in [0, 0.1) is 12.3 Å². The SMILES string of the molecule is C#C[C@@](C)(c1ccc(OC)cc1)c1csc(NC(N)=O)n1. The molecule has 0 fully saturated rings. The number of urea groups is 1. The molecule has 3 N–H and O–H groups in total. The zero-order chi connectivity index (χ0) is 15.5. The second-order valence-corrected chi connectivity index (χ2v) is 5.38. The number of primary amides is 1. The highest BCUT2D eigenvalue weighted by Gasteiger charge is 2.29. The molecule has 1 atom stereocenters. The van der Waals surface area contributed by atoms with Crippen molar-refractivity contribution in [2.75, 3.05) is 12.4 Å². The Morgan fingerprint density at radius 3 is 2.67 bits per heavy atom. The van der Waals surface area contributed by atoms with Gasteiger partial charge in [0.25, 0.3) is 0 Å². The van der Waals surface area contributed by atoms with Gasteiger partial charge >= 0.3 is 6.03 Å². The molecular formula is C15H15N3O2S. The fourth-order valence-corrected chi connectivity index (χ4v) is 2.72. The molecule has 0 spiro atoms. The number of benzene rings is 1. The number of carbonyl (C=O) groups is 1. The van der Waals surface area contributed by atoms with Crippen molar-refractivity contribution in [1.29, 1.82) is 0 Å². The molecule has 1 aromatic carbocycles. The third kappa shape index (κ3) is 2.98. The molecule has 0 aliphatic rings.